The quantitative estimate of drug-likeness (QED) is 0.102. The summed E-state index contributed by atoms with van der Waals surface area (Å²) in [6.07, 6.45) is 12.6. The molecule has 1 fully saturated rings. The Labute approximate surface area is 208 Å². The lowest BCUT2D eigenvalue weighted by Gasteiger charge is -2.31. The molecule has 1 aliphatic rings. The van der Waals surface area contributed by atoms with Gasteiger partial charge in [-0.2, -0.15) is 18.1 Å². The number of unbranched alkanes of at least 4 members (excludes halogenated alkanes) is 8. The summed E-state index contributed by atoms with van der Waals surface area (Å²) < 4.78 is 25.0. The van der Waals surface area contributed by atoms with Crippen LogP contribution in [0, 0.1) is 0 Å². The summed E-state index contributed by atoms with van der Waals surface area (Å²) in [4.78, 5) is 10.1. The van der Waals surface area contributed by atoms with E-state index >= 15 is 0 Å². The van der Waals surface area contributed by atoms with Crippen LogP contribution in [0.3, 0.4) is 0 Å². The zero-order valence-corrected chi connectivity index (χ0v) is 24.7. The lowest BCUT2D eigenvalue weighted by molar-refractivity contribution is 0.211. The molecule has 0 aromatic heterocycles. The second kappa shape index (κ2) is 17.9. The van der Waals surface area contributed by atoms with E-state index in [-0.39, 0.29) is 0 Å². The minimum atomic E-state index is -2.81. The fraction of sp³-hybridized carbons (Fsp3) is 1.00. The van der Waals surface area contributed by atoms with Crippen LogP contribution in [-0.2, 0) is 18.1 Å². The lowest BCUT2D eigenvalue weighted by Crippen LogP contribution is -2.43. The van der Waals surface area contributed by atoms with Crippen molar-refractivity contribution in [2.75, 3.05) is 26.4 Å². The third-order valence-corrected chi connectivity index (χ3v) is 16.6. The van der Waals surface area contributed by atoms with Gasteiger partial charge in [-0.1, -0.05) is 79.1 Å². The third kappa shape index (κ3) is 13.1. The first-order valence-corrected chi connectivity index (χ1v) is 19.2. The first kappa shape index (κ1) is 31.6. The van der Waals surface area contributed by atoms with Crippen LogP contribution in [0.4, 0.5) is 0 Å². The topological polar surface area (TPSA) is 73.0 Å². The first-order chi connectivity index (χ1) is 15.4. The zero-order chi connectivity index (χ0) is 23.8. The fourth-order valence-corrected chi connectivity index (χ4v) is 16.7. The minimum absolute atomic E-state index is 0.545. The summed E-state index contributed by atoms with van der Waals surface area (Å²) in [5.74, 6) is 0. The van der Waals surface area contributed by atoms with E-state index < -0.39 is 22.3 Å². The van der Waals surface area contributed by atoms with E-state index in [0.717, 1.165) is 77.0 Å². The standard InChI is InChI=1S/C20H47Cl2N3O4P3/c1-5-9-13-17-26-30(21)23-31(22,27-18-14-10-6-2)25-32(24-30,28-19-15-11-7-3)29-20-16-12-8-4/h23-25H,5-20H2,1-4H3/q+3. The van der Waals surface area contributed by atoms with E-state index in [1.54, 1.807) is 0 Å². The van der Waals surface area contributed by atoms with Crippen molar-refractivity contribution in [3.8, 4) is 0 Å². The molecule has 1 rings (SSSR count). The molecule has 0 bridgehead atoms. The fourth-order valence-electron chi connectivity index (χ4n) is 3.01. The minimum Gasteiger partial charge on any atom is -0.178 e. The van der Waals surface area contributed by atoms with E-state index in [0.29, 0.717) is 26.4 Å². The van der Waals surface area contributed by atoms with Crippen LogP contribution in [0.5, 0.6) is 0 Å². The van der Waals surface area contributed by atoms with Crippen LogP contribution >= 0.6 is 44.8 Å². The zero-order valence-electron chi connectivity index (χ0n) is 20.5. The van der Waals surface area contributed by atoms with Crippen LogP contribution in [-0.4, -0.2) is 26.4 Å². The van der Waals surface area contributed by atoms with Gasteiger partial charge in [0.25, 0.3) is 0 Å². The SMILES string of the molecule is CCCCCO[P+]1(Cl)N[P+](Cl)(OCCCCC)N[P+](OCCCCC)(OCCCCC)N1. The van der Waals surface area contributed by atoms with Gasteiger partial charge in [0.2, 0.25) is 0 Å². The summed E-state index contributed by atoms with van der Waals surface area (Å²) in [5, 5.41) is 0. The predicted octanol–water partition coefficient (Wildman–Crippen LogP) is 9.11. The van der Waals surface area contributed by atoms with Crippen molar-refractivity contribution in [2.45, 2.75) is 105 Å². The summed E-state index contributed by atoms with van der Waals surface area (Å²) in [6.45, 7) is 10.9. The lowest BCUT2D eigenvalue weighted by atomic mass is 10.3. The largest absolute Gasteiger partial charge is 0.508 e. The highest BCUT2D eigenvalue weighted by Crippen LogP contribution is 2.84. The molecule has 12 heteroatoms. The Morgan fingerprint density at radius 1 is 0.469 bits per heavy atom. The van der Waals surface area contributed by atoms with Gasteiger partial charge < -0.3 is 0 Å². The van der Waals surface area contributed by atoms with E-state index in [1.807, 2.05) is 0 Å². The maximum Gasteiger partial charge on any atom is 0.508 e. The van der Waals surface area contributed by atoms with Gasteiger partial charge in [-0.15, -0.1) is 0 Å². The summed E-state index contributed by atoms with van der Waals surface area (Å²) in [7, 11) is -8.43. The average Bonchev–Trinajstić information content (AvgIpc) is 2.75. The van der Waals surface area contributed by atoms with E-state index in [2.05, 4.69) is 42.3 Å². The van der Waals surface area contributed by atoms with Gasteiger partial charge in [-0.05, 0) is 25.7 Å². The Morgan fingerprint density at radius 3 is 1.09 bits per heavy atom. The average molecular weight is 557 g/mol. The molecule has 0 aromatic rings. The molecule has 2 unspecified atom stereocenters. The molecule has 0 amide bonds. The Kier molecular flexibility index (Phi) is 17.7. The number of hydrogen-bond donors (Lipinski definition) is 3. The predicted molar refractivity (Wildman–Crippen MR) is 144 cm³/mol. The maximum atomic E-state index is 7.00. The number of hydrogen-bond acceptors (Lipinski definition) is 7. The Hall–Kier alpha value is 1.59. The summed E-state index contributed by atoms with van der Waals surface area (Å²) in [5.41, 5.74) is 0. The molecule has 1 aliphatic heterocycles. The van der Waals surface area contributed by atoms with E-state index in [4.69, 9.17) is 40.6 Å². The van der Waals surface area contributed by atoms with Crippen molar-refractivity contribution in [1.82, 2.24) is 14.6 Å². The van der Waals surface area contributed by atoms with Crippen LogP contribution in [0.2, 0.25) is 0 Å². The monoisotopic (exact) mass is 556 g/mol. The Balaban J connectivity index is 2.99. The molecule has 3 N–H and O–H groups in total. The van der Waals surface area contributed by atoms with Crippen molar-refractivity contribution in [1.29, 1.82) is 0 Å². The highest BCUT2D eigenvalue weighted by atomic mass is 35.7. The van der Waals surface area contributed by atoms with Crippen molar-refractivity contribution >= 4 is 44.8 Å². The molecule has 2 atom stereocenters. The molecule has 0 spiro atoms. The van der Waals surface area contributed by atoms with Gasteiger partial charge >= 0.3 is 22.3 Å². The van der Waals surface area contributed by atoms with Gasteiger partial charge in [0.15, 0.2) is 22.5 Å². The van der Waals surface area contributed by atoms with Gasteiger partial charge in [0.05, 0.1) is 41.0 Å². The second-order valence-corrected chi connectivity index (χ2v) is 17.6. The van der Waals surface area contributed by atoms with Crippen LogP contribution in [0.15, 0.2) is 0 Å². The van der Waals surface area contributed by atoms with E-state index in [1.165, 1.54) is 0 Å². The normalized spacial score (nSPS) is 25.3. The molecule has 1 heterocycles. The van der Waals surface area contributed by atoms with Gasteiger partial charge in [0.1, 0.15) is 0 Å². The molecular formula is C20H47Cl2N3O4P3+3. The summed E-state index contributed by atoms with van der Waals surface area (Å²) in [6, 6.07) is 0. The molecule has 1 saturated heterocycles. The highest BCUT2D eigenvalue weighted by Gasteiger charge is 2.77. The third-order valence-electron chi connectivity index (χ3n) is 4.85. The van der Waals surface area contributed by atoms with Crippen molar-refractivity contribution < 1.29 is 18.1 Å². The van der Waals surface area contributed by atoms with Crippen LogP contribution in [0.25, 0.3) is 0 Å². The van der Waals surface area contributed by atoms with Gasteiger partial charge in [-0.25, -0.2) is 0 Å². The Morgan fingerprint density at radius 2 is 0.781 bits per heavy atom. The Bertz CT molecular complexity index is 451. The second-order valence-electron chi connectivity index (χ2n) is 8.08. The highest BCUT2D eigenvalue weighted by molar-refractivity contribution is 8.12. The number of rotatable bonds is 20. The smallest absolute Gasteiger partial charge is 0.178 e. The van der Waals surface area contributed by atoms with Gasteiger partial charge in [0, 0.05) is 0 Å². The molecule has 0 radical (unpaired) electrons. The van der Waals surface area contributed by atoms with Gasteiger partial charge in [-0.3, -0.25) is 0 Å². The number of nitrogens with one attached hydrogen (secondary N) is 3. The van der Waals surface area contributed by atoms with Crippen LogP contribution < -0.4 is 14.6 Å². The number of halogens is 2. The first-order valence-electron chi connectivity index (χ1n) is 12.4. The van der Waals surface area contributed by atoms with Crippen LogP contribution in [0.1, 0.15) is 105 Å². The molecule has 0 aromatic carbocycles. The molecule has 0 aliphatic carbocycles. The van der Waals surface area contributed by atoms with Crippen molar-refractivity contribution in [3.63, 3.8) is 0 Å². The molecule has 192 valence electrons. The molecule has 7 nitrogen and oxygen atoms in total. The van der Waals surface area contributed by atoms with Crippen molar-refractivity contribution in [3.05, 3.63) is 0 Å². The molecular weight excluding hydrogens is 510 g/mol. The summed E-state index contributed by atoms with van der Waals surface area (Å²) >= 11 is 14.0. The van der Waals surface area contributed by atoms with E-state index in [9.17, 15) is 0 Å². The molecule has 32 heavy (non-hydrogen) atoms. The molecule has 0 saturated carbocycles. The van der Waals surface area contributed by atoms with Crippen molar-refractivity contribution in [2.24, 2.45) is 0 Å². The maximum absolute atomic E-state index is 7.00.